The van der Waals surface area contributed by atoms with Gasteiger partial charge in [0.25, 0.3) is 0 Å². The topological polar surface area (TPSA) is 67.7 Å². The Bertz CT molecular complexity index is 856. The fourth-order valence-electron chi connectivity index (χ4n) is 4.13. The average molecular weight is 384 g/mol. The number of ether oxygens (including phenoxy) is 1. The Kier molecular flexibility index (Phi) is 5.62. The number of para-hydroxylation sites is 2. The van der Waals surface area contributed by atoms with Gasteiger partial charge in [0, 0.05) is 38.5 Å². The van der Waals surface area contributed by atoms with Crippen LogP contribution in [0.25, 0.3) is 11.0 Å². The van der Waals surface area contributed by atoms with Gasteiger partial charge in [-0.05, 0) is 18.6 Å². The van der Waals surface area contributed by atoms with Gasteiger partial charge in [-0.1, -0.05) is 25.5 Å². The number of hydrogen-bond donors (Lipinski definition) is 0. The van der Waals surface area contributed by atoms with Crippen molar-refractivity contribution in [2.75, 3.05) is 39.4 Å². The number of carbonyl (C=O) groups excluding carboxylic acids is 2. The van der Waals surface area contributed by atoms with Crippen molar-refractivity contribution in [1.29, 1.82) is 0 Å². The molecule has 2 amide bonds. The number of benzene rings is 1. The summed E-state index contributed by atoms with van der Waals surface area (Å²) in [4.78, 5) is 34.0. The summed E-state index contributed by atoms with van der Waals surface area (Å²) in [6.45, 7) is 6.33. The molecule has 1 atom stereocenters. The van der Waals surface area contributed by atoms with Gasteiger partial charge in [0.05, 0.1) is 24.2 Å². The van der Waals surface area contributed by atoms with E-state index >= 15 is 0 Å². The second-order valence-electron chi connectivity index (χ2n) is 7.63. The summed E-state index contributed by atoms with van der Waals surface area (Å²) < 4.78 is 7.38. The maximum atomic E-state index is 12.9. The number of amides is 2. The van der Waals surface area contributed by atoms with Crippen molar-refractivity contribution in [2.24, 2.45) is 0 Å². The van der Waals surface area contributed by atoms with E-state index in [0.29, 0.717) is 39.3 Å². The van der Waals surface area contributed by atoms with Crippen molar-refractivity contribution < 1.29 is 14.3 Å². The van der Waals surface area contributed by atoms with Crippen molar-refractivity contribution in [1.82, 2.24) is 19.4 Å². The zero-order chi connectivity index (χ0) is 19.5. The van der Waals surface area contributed by atoms with Crippen LogP contribution in [0.5, 0.6) is 0 Å². The van der Waals surface area contributed by atoms with Crippen molar-refractivity contribution in [3.8, 4) is 0 Å². The zero-order valence-corrected chi connectivity index (χ0v) is 16.5. The molecule has 7 heteroatoms. The second-order valence-corrected chi connectivity index (χ2v) is 7.63. The summed E-state index contributed by atoms with van der Waals surface area (Å²) in [6, 6.07) is 7.90. The van der Waals surface area contributed by atoms with E-state index in [-0.39, 0.29) is 24.3 Å². The quantitative estimate of drug-likeness (QED) is 0.764. The molecule has 0 spiro atoms. The van der Waals surface area contributed by atoms with Gasteiger partial charge in [0.1, 0.15) is 12.4 Å². The monoisotopic (exact) mass is 384 g/mol. The summed E-state index contributed by atoms with van der Waals surface area (Å²) in [7, 11) is 0. The van der Waals surface area contributed by atoms with Gasteiger partial charge < -0.3 is 19.1 Å². The lowest BCUT2D eigenvalue weighted by Gasteiger charge is -2.27. The zero-order valence-electron chi connectivity index (χ0n) is 16.5. The molecule has 0 saturated carbocycles. The molecule has 4 rings (SSSR count). The number of fused-ring (bicyclic) bond motifs is 1. The lowest BCUT2D eigenvalue weighted by Crippen LogP contribution is -2.42. The van der Waals surface area contributed by atoms with Crippen LogP contribution in [-0.4, -0.2) is 70.6 Å². The molecule has 2 aliphatic heterocycles. The molecule has 0 bridgehead atoms. The molecule has 2 fully saturated rings. The predicted molar refractivity (Wildman–Crippen MR) is 106 cm³/mol. The standard InChI is InChI=1S/C21H28N4O3/c1-2-3-8-24-14-16(13-19(24)26)21-22-17-6-4-5-7-18(17)25(21)15-20(27)23-9-11-28-12-10-23/h4-7,16H,2-3,8-15H2,1H3/t16-/m1/s1. The normalized spacial score (nSPS) is 20.3. The highest BCUT2D eigenvalue weighted by atomic mass is 16.5. The van der Waals surface area contributed by atoms with Gasteiger partial charge in [0.15, 0.2) is 0 Å². The van der Waals surface area contributed by atoms with Crippen LogP contribution in [0.1, 0.15) is 37.9 Å². The van der Waals surface area contributed by atoms with Crippen LogP contribution >= 0.6 is 0 Å². The van der Waals surface area contributed by atoms with Crippen molar-refractivity contribution >= 4 is 22.8 Å². The van der Waals surface area contributed by atoms with Crippen molar-refractivity contribution in [3.63, 3.8) is 0 Å². The van der Waals surface area contributed by atoms with E-state index in [1.54, 1.807) is 0 Å². The van der Waals surface area contributed by atoms with E-state index < -0.39 is 0 Å². The summed E-state index contributed by atoms with van der Waals surface area (Å²) in [6.07, 6.45) is 2.56. The maximum Gasteiger partial charge on any atom is 0.242 e. The lowest BCUT2D eigenvalue weighted by atomic mass is 10.1. The van der Waals surface area contributed by atoms with Gasteiger partial charge in [-0.15, -0.1) is 0 Å². The third-order valence-electron chi connectivity index (χ3n) is 5.70. The average Bonchev–Trinajstić information content (AvgIpc) is 3.27. The van der Waals surface area contributed by atoms with E-state index in [2.05, 4.69) is 6.92 Å². The molecule has 1 aromatic carbocycles. The molecule has 2 aromatic rings. The number of imidazole rings is 1. The molecule has 2 aliphatic rings. The van der Waals surface area contributed by atoms with E-state index in [9.17, 15) is 9.59 Å². The van der Waals surface area contributed by atoms with Crippen LogP contribution in [0.15, 0.2) is 24.3 Å². The smallest absolute Gasteiger partial charge is 0.242 e. The summed E-state index contributed by atoms with van der Waals surface area (Å²) in [5.41, 5.74) is 1.84. The number of unbranched alkanes of at least 4 members (excludes halogenated alkanes) is 1. The molecule has 0 N–H and O–H groups in total. The first-order valence-corrected chi connectivity index (χ1v) is 10.3. The Morgan fingerprint density at radius 1 is 1.25 bits per heavy atom. The molecule has 7 nitrogen and oxygen atoms in total. The minimum atomic E-state index is 0.0363. The molecule has 1 aromatic heterocycles. The molecule has 0 radical (unpaired) electrons. The Balaban J connectivity index is 1.60. The highest BCUT2D eigenvalue weighted by Crippen LogP contribution is 2.30. The van der Waals surface area contributed by atoms with E-state index in [4.69, 9.17) is 9.72 Å². The number of rotatable bonds is 6. The van der Waals surface area contributed by atoms with Crippen LogP contribution < -0.4 is 0 Å². The van der Waals surface area contributed by atoms with E-state index in [0.717, 1.165) is 36.2 Å². The van der Waals surface area contributed by atoms with Gasteiger partial charge in [0.2, 0.25) is 11.8 Å². The molecule has 0 aliphatic carbocycles. The number of aromatic nitrogens is 2. The minimum Gasteiger partial charge on any atom is -0.378 e. The number of carbonyl (C=O) groups is 2. The molecule has 0 unspecified atom stereocenters. The van der Waals surface area contributed by atoms with Gasteiger partial charge in [-0.3, -0.25) is 9.59 Å². The molecule has 28 heavy (non-hydrogen) atoms. The lowest BCUT2D eigenvalue weighted by molar-refractivity contribution is -0.135. The summed E-state index contributed by atoms with van der Waals surface area (Å²) in [5.74, 6) is 1.17. The van der Waals surface area contributed by atoms with Crippen LogP contribution in [0.2, 0.25) is 0 Å². The number of likely N-dealkylation sites (tertiary alicyclic amines) is 1. The van der Waals surface area contributed by atoms with Gasteiger partial charge in [-0.25, -0.2) is 4.98 Å². The predicted octanol–water partition coefficient (Wildman–Crippen LogP) is 2.01. The second kappa shape index (κ2) is 8.31. The number of morpholine rings is 1. The molecular formula is C21H28N4O3. The van der Waals surface area contributed by atoms with Crippen LogP contribution in [0.3, 0.4) is 0 Å². The van der Waals surface area contributed by atoms with Gasteiger partial charge >= 0.3 is 0 Å². The first kappa shape index (κ1) is 18.9. The highest BCUT2D eigenvalue weighted by Gasteiger charge is 2.34. The number of nitrogens with zero attached hydrogens (tertiary/aromatic N) is 4. The first-order valence-electron chi connectivity index (χ1n) is 10.3. The molecular weight excluding hydrogens is 356 g/mol. The molecule has 150 valence electrons. The highest BCUT2D eigenvalue weighted by molar-refractivity contribution is 5.83. The summed E-state index contributed by atoms with van der Waals surface area (Å²) >= 11 is 0. The third kappa shape index (κ3) is 3.76. The largest absolute Gasteiger partial charge is 0.378 e. The van der Waals surface area contributed by atoms with Crippen LogP contribution in [0, 0.1) is 0 Å². The molecule has 2 saturated heterocycles. The van der Waals surface area contributed by atoms with Crippen LogP contribution in [-0.2, 0) is 20.9 Å². The molecule has 3 heterocycles. The SMILES string of the molecule is CCCCN1C[C@H](c2nc3ccccc3n2CC(=O)N2CCOCC2)CC1=O. The number of hydrogen-bond acceptors (Lipinski definition) is 4. The fraction of sp³-hybridized carbons (Fsp3) is 0.571. The minimum absolute atomic E-state index is 0.0363. The van der Waals surface area contributed by atoms with E-state index in [1.165, 1.54) is 0 Å². The first-order chi connectivity index (χ1) is 13.7. The fourth-order valence-corrected chi connectivity index (χ4v) is 4.13. The van der Waals surface area contributed by atoms with Crippen LogP contribution in [0.4, 0.5) is 0 Å². The Labute approximate surface area is 165 Å². The van der Waals surface area contributed by atoms with E-state index in [1.807, 2.05) is 38.6 Å². The Morgan fingerprint density at radius 2 is 2.04 bits per heavy atom. The third-order valence-corrected chi connectivity index (χ3v) is 5.70. The Morgan fingerprint density at radius 3 is 2.82 bits per heavy atom. The Hall–Kier alpha value is -2.41. The van der Waals surface area contributed by atoms with Crippen molar-refractivity contribution in [3.05, 3.63) is 30.1 Å². The van der Waals surface area contributed by atoms with Gasteiger partial charge in [-0.2, -0.15) is 0 Å². The van der Waals surface area contributed by atoms with Crippen molar-refractivity contribution in [2.45, 2.75) is 38.6 Å². The summed E-state index contributed by atoms with van der Waals surface area (Å²) in [5, 5.41) is 0. The maximum absolute atomic E-state index is 12.9.